The average molecular weight is 300 g/mol. The number of halogens is 1. The lowest BCUT2D eigenvalue weighted by molar-refractivity contribution is 0.630. The molecule has 6 N–H and O–H groups in total. The van der Waals surface area contributed by atoms with Gasteiger partial charge in [-0.05, 0) is 24.3 Å². The molecule has 2 aromatic rings. The van der Waals surface area contributed by atoms with Crippen molar-refractivity contribution in [1.82, 2.24) is 4.98 Å². The molecule has 2 rings (SSSR count). The van der Waals surface area contributed by atoms with Crippen LogP contribution in [0.5, 0.6) is 0 Å². The first-order valence-electron chi connectivity index (χ1n) is 6.62. The number of nitrogens with one attached hydrogen (secondary N) is 2. The first kappa shape index (κ1) is 15.4. The summed E-state index contributed by atoms with van der Waals surface area (Å²) >= 11 is 0. The average Bonchev–Trinajstić information content (AvgIpc) is 2.99. The van der Waals surface area contributed by atoms with Gasteiger partial charge in [-0.15, -0.1) is 0 Å². The number of para-hydroxylation sites is 1. The van der Waals surface area contributed by atoms with Crippen molar-refractivity contribution < 1.29 is 4.39 Å². The third-order valence-corrected chi connectivity index (χ3v) is 3.25. The minimum atomic E-state index is -0.415. The van der Waals surface area contributed by atoms with Gasteiger partial charge in [0.05, 0.1) is 23.3 Å². The highest BCUT2D eigenvalue weighted by Crippen LogP contribution is 2.18. The van der Waals surface area contributed by atoms with E-state index in [0.717, 1.165) is 5.69 Å². The molecular formula is C15H17FN6. The number of hydrazone groups is 1. The summed E-state index contributed by atoms with van der Waals surface area (Å²) in [6.07, 6.45) is 1.43. The monoisotopic (exact) mass is 300 g/mol. The van der Waals surface area contributed by atoms with Crippen LogP contribution in [0.15, 0.2) is 46.5 Å². The molecule has 114 valence electrons. The molecule has 0 saturated heterocycles. The number of H-pyrrole nitrogens is 1. The van der Waals surface area contributed by atoms with Crippen molar-refractivity contribution >= 4 is 23.4 Å². The summed E-state index contributed by atoms with van der Waals surface area (Å²) in [7, 11) is 0. The molecule has 6 nitrogen and oxygen atoms in total. The first-order valence-corrected chi connectivity index (χ1v) is 6.62. The van der Waals surface area contributed by atoms with Crippen LogP contribution >= 0.6 is 0 Å². The van der Waals surface area contributed by atoms with Crippen LogP contribution in [0.25, 0.3) is 0 Å². The van der Waals surface area contributed by atoms with E-state index in [1.807, 2.05) is 6.92 Å². The van der Waals surface area contributed by atoms with Crippen molar-refractivity contribution in [1.29, 1.82) is 5.41 Å². The molecule has 1 aromatic heterocycles. The van der Waals surface area contributed by atoms with E-state index in [2.05, 4.69) is 15.1 Å². The SMILES string of the molecule is CC(C(C=Nc1ccccc1F)=NN)c1ccc(C(=N)N)[nH]1. The Morgan fingerprint density at radius 3 is 2.64 bits per heavy atom. The summed E-state index contributed by atoms with van der Waals surface area (Å²) < 4.78 is 13.5. The molecule has 0 amide bonds. The van der Waals surface area contributed by atoms with Gasteiger partial charge in [-0.25, -0.2) is 4.39 Å². The van der Waals surface area contributed by atoms with E-state index in [1.165, 1.54) is 12.3 Å². The highest BCUT2D eigenvalue weighted by Gasteiger charge is 2.14. The Hall–Kier alpha value is -2.96. The van der Waals surface area contributed by atoms with Crippen LogP contribution in [0.1, 0.15) is 24.2 Å². The Morgan fingerprint density at radius 2 is 2.05 bits per heavy atom. The standard InChI is InChI=1S/C15H17FN6/c1-9(11-6-7-13(21-11)15(17)18)14(22-19)8-20-12-5-3-2-4-10(12)16/h2-9,21H,19H2,1H3,(H3,17,18). The van der Waals surface area contributed by atoms with Crippen LogP contribution in [-0.4, -0.2) is 22.7 Å². The second-order valence-corrected chi connectivity index (χ2v) is 4.73. The van der Waals surface area contributed by atoms with Crippen molar-refractivity contribution in [2.45, 2.75) is 12.8 Å². The number of amidine groups is 1. The van der Waals surface area contributed by atoms with Crippen LogP contribution in [0, 0.1) is 11.2 Å². The zero-order valence-electron chi connectivity index (χ0n) is 12.0. The molecule has 0 fully saturated rings. The maximum Gasteiger partial charge on any atom is 0.148 e. The van der Waals surface area contributed by atoms with Crippen molar-refractivity contribution in [2.75, 3.05) is 0 Å². The molecular weight excluding hydrogens is 283 g/mol. The number of aliphatic imine (C=N–C) groups is 1. The summed E-state index contributed by atoms with van der Waals surface area (Å²) in [5.41, 5.74) is 7.41. The normalized spacial score (nSPS) is 13.5. The predicted octanol–water partition coefficient (Wildman–Crippen LogP) is 2.26. The molecule has 1 aromatic carbocycles. The van der Waals surface area contributed by atoms with Crippen molar-refractivity contribution in [3.63, 3.8) is 0 Å². The van der Waals surface area contributed by atoms with Crippen LogP contribution in [0.4, 0.5) is 10.1 Å². The van der Waals surface area contributed by atoms with Crippen molar-refractivity contribution in [3.05, 3.63) is 53.6 Å². The van der Waals surface area contributed by atoms with E-state index in [9.17, 15) is 4.39 Å². The fourth-order valence-electron chi connectivity index (χ4n) is 1.93. The van der Waals surface area contributed by atoms with Gasteiger partial charge < -0.3 is 16.6 Å². The number of hydrogen-bond acceptors (Lipinski definition) is 4. The van der Waals surface area contributed by atoms with E-state index < -0.39 is 5.82 Å². The molecule has 0 aliphatic heterocycles. The zero-order chi connectivity index (χ0) is 16.1. The highest BCUT2D eigenvalue weighted by molar-refractivity contribution is 6.33. The summed E-state index contributed by atoms with van der Waals surface area (Å²) in [5, 5.41) is 11.1. The number of nitrogen functional groups attached to an aromatic ring is 1. The molecule has 1 heterocycles. The van der Waals surface area contributed by atoms with Crippen LogP contribution < -0.4 is 11.6 Å². The van der Waals surface area contributed by atoms with Gasteiger partial charge in [0, 0.05) is 11.6 Å². The van der Waals surface area contributed by atoms with E-state index >= 15 is 0 Å². The third-order valence-electron chi connectivity index (χ3n) is 3.25. The lowest BCUT2D eigenvalue weighted by atomic mass is 10.0. The molecule has 0 aliphatic carbocycles. The van der Waals surface area contributed by atoms with Gasteiger partial charge in [-0.1, -0.05) is 19.1 Å². The number of benzene rings is 1. The number of rotatable bonds is 5. The van der Waals surface area contributed by atoms with Gasteiger partial charge in [-0.2, -0.15) is 5.10 Å². The minimum absolute atomic E-state index is 0.0512. The number of nitrogens with two attached hydrogens (primary N) is 2. The topological polar surface area (TPSA) is 116 Å². The number of hydrogen-bond donors (Lipinski definition) is 4. The van der Waals surface area contributed by atoms with Gasteiger partial charge in [0.2, 0.25) is 0 Å². The van der Waals surface area contributed by atoms with Crippen LogP contribution in [0.2, 0.25) is 0 Å². The van der Waals surface area contributed by atoms with Gasteiger partial charge in [0.25, 0.3) is 0 Å². The largest absolute Gasteiger partial charge is 0.382 e. The second-order valence-electron chi connectivity index (χ2n) is 4.73. The molecule has 0 saturated carbocycles. The maximum atomic E-state index is 13.5. The minimum Gasteiger partial charge on any atom is -0.382 e. The van der Waals surface area contributed by atoms with Crippen LogP contribution in [-0.2, 0) is 0 Å². The number of aromatic amines is 1. The Morgan fingerprint density at radius 1 is 1.32 bits per heavy atom. The van der Waals surface area contributed by atoms with Gasteiger partial charge in [-0.3, -0.25) is 10.4 Å². The highest BCUT2D eigenvalue weighted by atomic mass is 19.1. The van der Waals surface area contributed by atoms with Crippen molar-refractivity contribution in [3.8, 4) is 0 Å². The molecule has 7 heteroatoms. The Labute approximate surface area is 127 Å². The molecule has 0 radical (unpaired) electrons. The fraction of sp³-hybridized carbons (Fsp3) is 0.133. The van der Waals surface area contributed by atoms with E-state index in [-0.39, 0.29) is 17.4 Å². The molecule has 0 aliphatic rings. The second kappa shape index (κ2) is 6.66. The summed E-state index contributed by atoms with van der Waals surface area (Å²) in [4.78, 5) is 7.09. The molecule has 1 atom stereocenters. The summed E-state index contributed by atoms with van der Waals surface area (Å²) in [5.74, 6) is 4.74. The summed E-state index contributed by atoms with van der Waals surface area (Å²) in [6, 6.07) is 9.69. The summed E-state index contributed by atoms with van der Waals surface area (Å²) in [6.45, 7) is 1.87. The van der Waals surface area contributed by atoms with E-state index in [0.29, 0.717) is 11.4 Å². The zero-order valence-corrected chi connectivity index (χ0v) is 12.0. The maximum absolute atomic E-state index is 13.5. The Bertz CT molecular complexity index is 731. The molecule has 0 spiro atoms. The van der Waals surface area contributed by atoms with E-state index in [4.69, 9.17) is 17.0 Å². The fourth-order valence-corrected chi connectivity index (χ4v) is 1.93. The lowest BCUT2D eigenvalue weighted by Crippen LogP contribution is -2.15. The van der Waals surface area contributed by atoms with E-state index in [1.54, 1.807) is 30.3 Å². The quantitative estimate of drug-likeness (QED) is 0.293. The number of aromatic nitrogens is 1. The Balaban J connectivity index is 2.21. The Kier molecular flexibility index (Phi) is 4.67. The van der Waals surface area contributed by atoms with Gasteiger partial charge >= 0.3 is 0 Å². The van der Waals surface area contributed by atoms with Crippen LogP contribution in [0.3, 0.4) is 0 Å². The number of nitrogens with zero attached hydrogens (tertiary/aromatic N) is 2. The molecule has 0 bridgehead atoms. The van der Waals surface area contributed by atoms with Crippen molar-refractivity contribution in [2.24, 2.45) is 21.7 Å². The van der Waals surface area contributed by atoms with Gasteiger partial charge in [0.15, 0.2) is 0 Å². The molecule has 22 heavy (non-hydrogen) atoms. The lowest BCUT2D eigenvalue weighted by Gasteiger charge is -2.08. The predicted molar refractivity (Wildman–Crippen MR) is 86.4 cm³/mol. The third kappa shape index (κ3) is 3.38. The molecule has 1 unspecified atom stereocenters. The first-order chi connectivity index (χ1) is 10.5. The van der Waals surface area contributed by atoms with Gasteiger partial charge in [0.1, 0.15) is 11.7 Å². The smallest absolute Gasteiger partial charge is 0.148 e.